The van der Waals surface area contributed by atoms with Gasteiger partial charge in [-0.25, -0.2) is 0 Å². The number of carbonyl (C=O) groups is 1. The van der Waals surface area contributed by atoms with Gasteiger partial charge in [0.1, 0.15) is 0 Å². The molecule has 0 saturated heterocycles. The largest absolute Gasteiger partial charge is 0.325 e. The highest BCUT2D eigenvalue weighted by Gasteiger charge is 2.19. The van der Waals surface area contributed by atoms with Crippen LogP contribution in [-0.2, 0) is 4.79 Å². The third kappa shape index (κ3) is 4.25. The first-order valence-corrected chi connectivity index (χ1v) is 10.3. The molecule has 3 nitrogen and oxygen atoms in total. The van der Waals surface area contributed by atoms with Crippen LogP contribution in [0.15, 0.2) is 78.9 Å². The predicted octanol–water partition coefficient (Wildman–Crippen LogP) is 6.32. The zero-order valence-electron chi connectivity index (χ0n) is 17.6. The number of nitrogens with one attached hydrogen (secondary N) is 1. The minimum atomic E-state index is -0.00114. The number of fused-ring (bicyclic) bond motifs is 1. The highest BCUT2D eigenvalue weighted by molar-refractivity contribution is 6.02. The van der Waals surface area contributed by atoms with Gasteiger partial charge in [-0.1, -0.05) is 72.3 Å². The second kappa shape index (κ2) is 8.50. The monoisotopic (exact) mass is 394 g/mol. The Morgan fingerprint density at radius 3 is 2.07 bits per heavy atom. The van der Waals surface area contributed by atoms with Crippen molar-refractivity contribution in [3.63, 3.8) is 0 Å². The van der Waals surface area contributed by atoms with E-state index in [1.807, 2.05) is 49.4 Å². The van der Waals surface area contributed by atoms with Crippen LogP contribution in [0.25, 0.3) is 10.9 Å². The summed E-state index contributed by atoms with van der Waals surface area (Å²) >= 11 is 0. The summed E-state index contributed by atoms with van der Waals surface area (Å²) < 4.78 is 0. The maximum atomic E-state index is 13.2. The first kappa shape index (κ1) is 19.8. The van der Waals surface area contributed by atoms with Crippen LogP contribution >= 0.6 is 0 Å². The van der Waals surface area contributed by atoms with Gasteiger partial charge in [0, 0.05) is 23.4 Å². The molecule has 4 rings (SSSR count). The lowest BCUT2D eigenvalue weighted by Crippen LogP contribution is -2.17. The highest BCUT2D eigenvalue weighted by atomic mass is 16.1. The molecule has 0 bridgehead atoms. The van der Waals surface area contributed by atoms with E-state index in [1.165, 1.54) is 0 Å². The summed E-state index contributed by atoms with van der Waals surface area (Å²) in [6.45, 7) is 6.10. The molecular weight excluding hydrogens is 368 g/mol. The van der Waals surface area contributed by atoms with Crippen molar-refractivity contribution in [3.05, 3.63) is 107 Å². The Morgan fingerprint density at radius 1 is 0.867 bits per heavy atom. The number of nitrogens with zero attached hydrogens (tertiary/aromatic N) is 1. The molecule has 1 aromatic heterocycles. The van der Waals surface area contributed by atoms with Crippen molar-refractivity contribution in [2.45, 2.75) is 33.1 Å². The molecule has 1 amide bonds. The van der Waals surface area contributed by atoms with Gasteiger partial charge >= 0.3 is 0 Å². The Labute approximate surface area is 177 Å². The number of hydrogen-bond donors (Lipinski definition) is 1. The summed E-state index contributed by atoms with van der Waals surface area (Å²) in [5.41, 5.74) is 7.23. The molecule has 0 spiro atoms. The zero-order chi connectivity index (χ0) is 21.1. The van der Waals surface area contributed by atoms with Crippen molar-refractivity contribution in [2.24, 2.45) is 0 Å². The van der Waals surface area contributed by atoms with Crippen LogP contribution in [0.1, 0.15) is 40.3 Å². The lowest BCUT2D eigenvalue weighted by Gasteiger charge is -2.19. The normalized spacial score (nSPS) is 11.1. The molecule has 0 fully saturated rings. The standard InChI is InChI=1S/C27H26N2O/c1-18-14-19(2)27-24(15-18)25(16-20(3)28-27)29-26(30)17-23(21-10-6-4-7-11-21)22-12-8-5-9-13-22/h4-16,23H,17H2,1-3H3,(H,28,29,30). The first-order valence-electron chi connectivity index (χ1n) is 10.3. The van der Waals surface area contributed by atoms with E-state index in [4.69, 9.17) is 0 Å². The van der Waals surface area contributed by atoms with Crippen LogP contribution in [0.4, 0.5) is 5.69 Å². The van der Waals surface area contributed by atoms with Crippen molar-refractivity contribution in [1.29, 1.82) is 0 Å². The second-order valence-electron chi connectivity index (χ2n) is 7.92. The number of carbonyl (C=O) groups excluding carboxylic acids is 1. The summed E-state index contributed by atoms with van der Waals surface area (Å²) in [7, 11) is 0. The number of anilines is 1. The van der Waals surface area contributed by atoms with Crippen LogP contribution in [-0.4, -0.2) is 10.9 Å². The number of rotatable bonds is 5. The molecule has 0 radical (unpaired) electrons. The van der Waals surface area contributed by atoms with Crippen molar-refractivity contribution in [1.82, 2.24) is 4.98 Å². The van der Waals surface area contributed by atoms with Gasteiger partial charge < -0.3 is 5.32 Å². The van der Waals surface area contributed by atoms with Crippen LogP contribution in [0.3, 0.4) is 0 Å². The van der Waals surface area contributed by atoms with E-state index in [2.05, 4.69) is 60.5 Å². The average Bonchev–Trinajstić information content (AvgIpc) is 2.74. The van der Waals surface area contributed by atoms with Gasteiger partial charge in [-0.3, -0.25) is 9.78 Å². The van der Waals surface area contributed by atoms with E-state index in [1.54, 1.807) is 0 Å². The van der Waals surface area contributed by atoms with Gasteiger partial charge in [0.05, 0.1) is 11.2 Å². The Kier molecular flexibility index (Phi) is 5.62. The Bertz CT molecular complexity index is 1140. The molecule has 150 valence electrons. The molecule has 1 N–H and O–H groups in total. The molecule has 0 atom stereocenters. The number of aromatic nitrogens is 1. The van der Waals surface area contributed by atoms with Crippen molar-refractivity contribution in [2.75, 3.05) is 5.32 Å². The topological polar surface area (TPSA) is 42.0 Å². The number of pyridine rings is 1. The molecule has 4 aromatic rings. The fourth-order valence-electron chi connectivity index (χ4n) is 4.10. The Hall–Kier alpha value is -3.46. The molecule has 0 aliphatic heterocycles. The van der Waals surface area contributed by atoms with E-state index in [0.717, 1.165) is 44.5 Å². The lowest BCUT2D eigenvalue weighted by atomic mass is 9.88. The highest BCUT2D eigenvalue weighted by Crippen LogP contribution is 2.30. The third-order valence-electron chi connectivity index (χ3n) is 5.44. The number of aryl methyl sites for hydroxylation is 3. The summed E-state index contributed by atoms with van der Waals surface area (Å²) in [4.78, 5) is 17.9. The maximum Gasteiger partial charge on any atom is 0.225 e. The van der Waals surface area contributed by atoms with Crippen molar-refractivity contribution < 1.29 is 4.79 Å². The molecule has 0 unspecified atom stereocenters. The lowest BCUT2D eigenvalue weighted by molar-refractivity contribution is -0.116. The molecule has 3 heteroatoms. The number of hydrogen-bond acceptors (Lipinski definition) is 2. The van der Waals surface area contributed by atoms with Crippen molar-refractivity contribution >= 4 is 22.5 Å². The van der Waals surface area contributed by atoms with Gasteiger partial charge in [-0.05, 0) is 49.6 Å². The maximum absolute atomic E-state index is 13.2. The number of benzene rings is 3. The molecule has 0 aliphatic carbocycles. The fourth-order valence-corrected chi connectivity index (χ4v) is 4.10. The van der Waals surface area contributed by atoms with E-state index >= 15 is 0 Å². The summed E-state index contributed by atoms with van der Waals surface area (Å²) in [6.07, 6.45) is 0.377. The van der Waals surface area contributed by atoms with Gasteiger partial charge in [0.2, 0.25) is 5.91 Å². The summed E-state index contributed by atoms with van der Waals surface area (Å²) in [5.74, 6) is 0.00355. The van der Waals surface area contributed by atoms with Crippen LogP contribution < -0.4 is 5.32 Å². The van der Waals surface area contributed by atoms with E-state index in [0.29, 0.717) is 6.42 Å². The predicted molar refractivity (Wildman–Crippen MR) is 124 cm³/mol. The Balaban J connectivity index is 1.66. The first-order chi connectivity index (χ1) is 14.5. The van der Waals surface area contributed by atoms with Gasteiger partial charge in [-0.2, -0.15) is 0 Å². The van der Waals surface area contributed by atoms with E-state index in [9.17, 15) is 4.79 Å². The van der Waals surface area contributed by atoms with E-state index < -0.39 is 0 Å². The smallest absolute Gasteiger partial charge is 0.225 e. The minimum absolute atomic E-state index is 0.00114. The average molecular weight is 395 g/mol. The Morgan fingerprint density at radius 2 is 1.47 bits per heavy atom. The molecular formula is C27H26N2O. The van der Waals surface area contributed by atoms with Crippen LogP contribution in [0.5, 0.6) is 0 Å². The number of amides is 1. The third-order valence-corrected chi connectivity index (χ3v) is 5.44. The zero-order valence-corrected chi connectivity index (χ0v) is 17.6. The SMILES string of the molecule is Cc1cc(C)c2nc(C)cc(NC(=O)CC(c3ccccc3)c3ccccc3)c2c1. The molecule has 0 aliphatic rings. The van der Waals surface area contributed by atoms with Crippen LogP contribution in [0.2, 0.25) is 0 Å². The quantitative estimate of drug-likeness (QED) is 0.430. The minimum Gasteiger partial charge on any atom is -0.325 e. The van der Waals surface area contributed by atoms with Gasteiger partial charge in [0.25, 0.3) is 0 Å². The molecule has 3 aromatic carbocycles. The van der Waals surface area contributed by atoms with Crippen LogP contribution in [0, 0.1) is 20.8 Å². The van der Waals surface area contributed by atoms with Gasteiger partial charge in [0.15, 0.2) is 0 Å². The molecule has 0 saturated carbocycles. The van der Waals surface area contributed by atoms with E-state index in [-0.39, 0.29) is 11.8 Å². The molecule has 1 heterocycles. The summed E-state index contributed by atoms with van der Waals surface area (Å²) in [6, 6.07) is 26.6. The van der Waals surface area contributed by atoms with Gasteiger partial charge in [-0.15, -0.1) is 0 Å². The molecule has 30 heavy (non-hydrogen) atoms. The second-order valence-corrected chi connectivity index (χ2v) is 7.92. The summed E-state index contributed by atoms with van der Waals surface area (Å²) in [5, 5.41) is 4.16. The van der Waals surface area contributed by atoms with Crippen molar-refractivity contribution in [3.8, 4) is 0 Å². The fraction of sp³-hybridized carbons (Fsp3) is 0.185.